The molecule has 1 N–H and O–H groups in total. The molecule has 94 valence electrons. The van der Waals surface area contributed by atoms with E-state index in [0.29, 0.717) is 18.3 Å². The van der Waals surface area contributed by atoms with E-state index >= 15 is 0 Å². The molecular weight excluding hydrogens is 220 g/mol. The van der Waals surface area contributed by atoms with Gasteiger partial charge in [-0.2, -0.15) is 0 Å². The maximum absolute atomic E-state index is 10.7. The van der Waals surface area contributed by atoms with Gasteiger partial charge in [0.1, 0.15) is 0 Å². The van der Waals surface area contributed by atoms with E-state index in [2.05, 4.69) is 23.9 Å². The van der Waals surface area contributed by atoms with Crippen LogP contribution < -0.4 is 0 Å². The number of aromatic carboxylic acids is 1. The van der Waals surface area contributed by atoms with Crippen LogP contribution in [0, 0.1) is 5.92 Å². The summed E-state index contributed by atoms with van der Waals surface area (Å²) in [6, 6.07) is 2.02. The van der Waals surface area contributed by atoms with Crippen molar-refractivity contribution in [1.82, 2.24) is 10.1 Å². The fraction of sp³-hybridized carbons (Fsp3) is 0.667. The van der Waals surface area contributed by atoms with Crippen LogP contribution in [0.15, 0.2) is 10.6 Å². The number of nitrogens with zero attached hydrogens (tertiary/aromatic N) is 2. The summed E-state index contributed by atoms with van der Waals surface area (Å²) in [7, 11) is 0. The molecule has 0 bridgehead atoms. The van der Waals surface area contributed by atoms with Crippen molar-refractivity contribution in [1.29, 1.82) is 0 Å². The highest BCUT2D eigenvalue weighted by Crippen LogP contribution is 2.23. The number of rotatable bonds is 3. The van der Waals surface area contributed by atoms with Crippen molar-refractivity contribution in [3.8, 4) is 0 Å². The van der Waals surface area contributed by atoms with Crippen LogP contribution in [-0.2, 0) is 6.54 Å². The summed E-state index contributed by atoms with van der Waals surface area (Å²) in [6.45, 7) is 6.15. The van der Waals surface area contributed by atoms with Crippen molar-refractivity contribution in [2.24, 2.45) is 5.92 Å². The van der Waals surface area contributed by atoms with Gasteiger partial charge in [0.15, 0.2) is 11.5 Å². The number of piperidine rings is 1. The van der Waals surface area contributed by atoms with Crippen LogP contribution in [-0.4, -0.2) is 33.7 Å². The van der Waals surface area contributed by atoms with Gasteiger partial charge < -0.3 is 9.63 Å². The van der Waals surface area contributed by atoms with Gasteiger partial charge in [0.25, 0.3) is 0 Å². The monoisotopic (exact) mass is 238 g/mol. The smallest absolute Gasteiger partial charge is 0.358 e. The SMILES string of the molecule is CC1CCN(Cc2cc(C(=O)O)no2)C(C)C1. The molecule has 1 aromatic rings. The highest BCUT2D eigenvalue weighted by atomic mass is 16.5. The maximum atomic E-state index is 10.7. The van der Waals surface area contributed by atoms with E-state index in [-0.39, 0.29) is 5.69 Å². The lowest BCUT2D eigenvalue weighted by molar-refractivity contribution is 0.0685. The van der Waals surface area contributed by atoms with E-state index in [9.17, 15) is 4.79 Å². The minimum absolute atomic E-state index is 0.0157. The molecule has 1 fully saturated rings. The number of carbonyl (C=O) groups is 1. The Balaban J connectivity index is 1.98. The van der Waals surface area contributed by atoms with Gasteiger partial charge in [-0.15, -0.1) is 0 Å². The summed E-state index contributed by atoms with van der Waals surface area (Å²) < 4.78 is 5.03. The second-order valence-electron chi connectivity index (χ2n) is 4.93. The molecule has 2 rings (SSSR count). The predicted molar refractivity (Wildman–Crippen MR) is 61.7 cm³/mol. The van der Waals surface area contributed by atoms with Gasteiger partial charge in [0.2, 0.25) is 0 Å². The van der Waals surface area contributed by atoms with Crippen molar-refractivity contribution in [3.63, 3.8) is 0 Å². The zero-order valence-electron chi connectivity index (χ0n) is 10.2. The third-order valence-electron chi connectivity index (χ3n) is 3.41. The van der Waals surface area contributed by atoms with E-state index in [1.165, 1.54) is 18.9 Å². The van der Waals surface area contributed by atoms with E-state index < -0.39 is 5.97 Å². The minimum Gasteiger partial charge on any atom is -0.476 e. The average Bonchev–Trinajstić information content (AvgIpc) is 2.71. The highest BCUT2D eigenvalue weighted by molar-refractivity contribution is 5.85. The second-order valence-corrected chi connectivity index (χ2v) is 4.93. The highest BCUT2D eigenvalue weighted by Gasteiger charge is 2.24. The summed E-state index contributed by atoms with van der Waals surface area (Å²) in [5.41, 5.74) is -0.0157. The Morgan fingerprint density at radius 1 is 1.65 bits per heavy atom. The maximum Gasteiger partial charge on any atom is 0.358 e. The van der Waals surface area contributed by atoms with Gasteiger partial charge >= 0.3 is 5.97 Å². The summed E-state index contributed by atoms with van der Waals surface area (Å²) >= 11 is 0. The number of carboxylic acid groups (broad SMARTS) is 1. The first-order valence-corrected chi connectivity index (χ1v) is 5.99. The molecule has 0 amide bonds. The molecule has 1 aliphatic heterocycles. The summed E-state index contributed by atoms with van der Waals surface area (Å²) in [6.07, 6.45) is 2.37. The lowest BCUT2D eigenvalue weighted by Gasteiger charge is -2.35. The molecule has 5 nitrogen and oxygen atoms in total. The van der Waals surface area contributed by atoms with Crippen LogP contribution in [0.5, 0.6) is 0 Å². The van der Waals surface area contributed by atoms with Gasteiger partial charge in [-0.05, 0) is 32.2 Å². The lowest BCUT2D eigenvalue weighted by atomic mass is 9.93. The van der Waals surface area contributed by atoms with Gasteiger partial charge in [0.05, 0.1) is 6.54 Å². The van der Waals surface area contributed by atoms with E-state index in [0.717, 1.165) is 12.5 Å². The number of likely N-dealkylation sites (tertiary alicyclic amines) is 1. The van der Waals surface area contributed by atoms with Crippen LogP contribution in [0.4, 0.5) is 0 Å². The van der Waals surface area contributed by atoms with Crippen molar-refractivity contribution in [3.05, 3.63) is 17.5 Å². The molecule has 1 saturated heterocycles. The summed E-state index contributed by atoms with van der Waals surface area (Å²) in [4.78, 5) is 13.0. The summed E-state index contributed by atoms with van der Waals surface area (Å²) in [5, 5.41) is 12.3. The molecule has 0 spiro atoms. The zero-order valence-corrected chi connectivity index (χ0v) is 10.2. The fourth-order valence-corrected chi connectivity index (χ4v) is 2.38. The van der Waals surface area contributed by atoms with Crippen LogP contribution in [0.2, 0.25) is 0 Å². The standard InChI is InChI=1S/C12H18N2O3/c1-8-3-4-14(9(2)5-8)7-10-6-11(12(15)16)13-17-10/h6,8-9H,3-5,7H2,1-2H3,(H,15,16). The van der Waals surface area contributed by atoms with Crippen LogP contribution in [0.25, 0.3) is 0 Å². The van der Waals surface area contributed by atoms with Crippen LogP contribution in [0.1, 0.15) is 42.9 Å². The average molecular weight is 238 g/mol. The second kappa shape index (κ2) is 4.87. The molecule has 0 aliphatic carbocycles. The van der Waals surface area contributed by atoms with E-state index in [1.807, 2.05) is 0 Å². The predicted octanol–water partition coefficient (Wildman–Crippen LogP) is 1.99. The third kappa shape index (κ3) is 2.85. The third-order valence-corrected chi connectivity index (χ3v) is 3.41. The Labute approximate surface area is 100 Å². The largest absolute Gasteiger partial charge is 0.476 e. The Kier molecular flexibility index (Phi) is 3.47. The van der Waals surface area contributed by atoms with Gasteiger partial charge in [-0.1, -0.05) is 12.1 Å². The van der Waals surface area contributed by atoms with Crippen LogP contribution >= 0.6 is 0 Å². The van der Waals surface area contributed by atoms with Crippen molar-refractivity contribution in [2.75, 3.05) is 6.54 Å². The van der Waals surface area contributed by atoms with Gasteiger partial charge in [-0.3, -0.25) is 4.90 Å². The molecule has 1 aliphatic rings. The summed E-state index contributed by atoms with van der Waals surface area (Å²) in [5.74, 6) is 0.356. The molecule has 1 aromatic heterocycles. The molecule has 0 radical (unpaired) electrons. The quantitative estimate of drug-likeness (QED) is 0.872. The van der Waals surface area contributed by atoms with Gasteiger partial charge in [-0.25, -0.2) is 4.79 Å². The lowest BCUT2D eigenvalue weighted by Crippen LogP contribution is -2.39. The molecule has 0 aromatic carbocycles. The van der Waals surface area contributed by atoms with Crippen molar-refractivity contribution < 1.29 is 14.4 Å². The minimum atomic E-state index is -1.04. The first-order chi connectivity index (χ1) is 8.06. The molecule has 5 heteroatoms. The van der Waals surface area contributed by atoms with E-state index in [1.54, 1.807) is 0 Å². The van der Waals surface area contributed by atoms with E-state index in [4.69, 9.17) is 9.63 Å². The number of carboxylic acids is 1. The molecule has 2 unspecified atom stereocenters. The first-order valence-electron chi connectivity index (χ1n) is 5.99. The molecule has 0 saturated carbocycles. The van der Waals surface area contributed by atoms with Crippen molar-refractivity contribution >= 4 is 5.97 Å². The van der Waals surface area contributed by atoms with Gasteiger partial charge in [0, 0.05) is 12.1 Å². The molecule has 2 heterocycles. The zero-order chi connectivity index (χ0) is 12.4. The number of hydrogen-bond acceptors (Lipinski definition) is 4. The molecular formula is C12H18N2O3. The topological polar surface area (TPSA) is 66.6 Å². The Bertz CT molecular complexity index is 402. The first kappa shape index (κ1) is 12.1. The number of aromatic nitrogens is 1. The Morgan fingerprint density at radius 2 is 2.41 bits per heavy atom. The Morgan fingerprint density at radius 3 is 3.00 bits per heavy atom. The number of hydrogen-bond donors (Lipinski definition) is 1. The van der Waals surface area contributed by atoms with Crippen LogP contribution in [0.3, 0.4) is 0 Å². The molecule has 2 atom stereocenters. The van der Waals surface area contributed by atoms with Crippen molar-refractivity contribution in [2.45, 2.75) is 39.3 Å². The fourth-order valence-electron chi connectivity index (χ4n) is 2.38. The Hall–Kier alpha value is -1.36. The normalized spacial score (nSPS) is 26.0. The molecule has 17 heavy (non-hydrogen) atoms.